The largest absolute Gasteiger partial charge is 0.455 e. The lowest BCUT2D eigenvalue weighted by molar-refractivity contribution is -0.121. The topological polar surface area (TPSA) is 50.7 Å². The second kappa shape index (κ2) is 4.93. The molecule has 2 aliphatic heterocycles. The van der Waals surface area contributed by atoms with Crippen molar-refractivity contribution in [1.29, 1.82) is 0 Å². The normalized spacial score (nSPS) is 16.2. The minimum atomic E-state index is -0.0247. The Bertz CT molecular complexity index is 771. The molecular formula is C16H12N2O2S. The van der Waals surface area contributed by atoms with Gasteiger partial charge in [0.2, 0.25) is 5.91 Å². The van der Waals surface area contributed by atoms with Gasteiger partial charge in [-0.3, -0.25) is 4.79 Å². The SMILES string of the molecule is O=C1CCC(c2ccc3c(c2)Sc2ccccc2O3)=NN1. The first kappa shape index (κ1) is 12.5. The molecule has 0 aromatic heterocycles. The molecule has 0 spiro atoms. The van der Waals surface area contributed by atoms with E-state index in [-0.39, 0.29) is 5.91 Å². The van der Waals surface area contributed by atoms with Crippen molar-refractivity contribution in [2.45, 2.75) is 22.6 Å². The summed E-state index contributed by atoms with van der Waals surface area (Å²) in [6.07, 6.45) is 1.16. The van der Waals surface area contributed by atoms with Crippen LogP contribution in [0.25, 0.3) is 0 Å². The van der Waals surface area contributed by atoms with Crippen LogP contribution in [-0.2, 0) is 4.79 Å². The van der Waals surface area contributed by atoms with Crippen molar-refractivity contribution < 1.29 is 9.53 Å². The summed E-state index contributed by atoms with van der Waals surface area (Å²) in [5.41, 5.74) is 4.48. The molecule has 21 heavy (non-hydrogen) atoms. The number of para-hydroxylation sites is 1. The smallest absolute Gasteiger partial charge is 0.240 e. The van der Waals surface area contributed by atoms with Crippen LogP contribution in [0.5, 0.6) is 11.5 Å². The molecule has 0 saturated carbocycles. The summed E-state index contributed by atoms with van der Waals surface area (Å²) in [5.74, 6) is 1.73. The maximum Gasteiger partial charge on any atom is 0.240 e. The van der Waals surface area contributed by atoms with Gasteiger partial charge in [0, 0.05) is 12.8 Å². The molecule has 0 radical (unpaired) electrons. The van der Waals surface area contributed by atoms with Gasteiger partial charge in [-0.15, -0.1) is 0 Å². The minimum Gasteiger partial charge on any atom is -0.455 e. The summed E-state index contributed by atoms with van der Waals surface area (Å²) in [6.45, 7) is 0. The molecule has 0 atom stereocenters. The number of ether oxygens (including phenoxy) is 1. The van der Waals surface area contributed by atoms with Crippen molar-refractivity contribution in [3.8, 4) is 11.5 Å². The second-order valence-electron chi connectivity index (χ2n) is 4.91. The number of fused-ring (bicyclic) bond motifs is 2. The van der Waals surface area contributed by atoms with Crippen LogP contribution in [0.4, 0.5) is 0 Å². The Morgan fingerprint density at radius 2 is 1.90 bits per heavy atom. The van der Waals surface area contributed by atoms with Gasteiger partial charge in [0.05, 0.1) is 15.5 Å². The second-order valence-corrected chi connectivity index (χ2v) is 5.99. The number of carbonyl (C=O) groups excluding carboxylic acids is 1. The molecule has 2 aromatic carbocycles. The summed E-state index contributed by atoms with van der Waals surface area (Å²) in [4.78, 5) is 13.4. The third-order valence-electron chi connectivity index (χ3n) is 3.47. The van der Waals surface area contributed by atoms with Crippen LogP contribution in [0.2, 0.25) is 0 Å². The van der Waals surface area contributed by atoms with Gasteiger partial charge in [0.25, 0.3) is 0 Å². The fourth-order valence-corrected chi connectivity index (χ4v) is 3.38. The minimum absolute atomic E-state index is 0.0247. The Morgan fingerprint density at radius 1 is 1.05 bits per heavy atom. The van der Waals surface area contributed by atoms with E-state index in [9.17, 15) is 4.79 Å². The molecule has 2 aliphatic rings. The van der Waals surface area contributed by atoms with E-state index in [1.54, 1.807) is 11.8 Å². The zero-order valence-electron chi connectivity index (χ0n) is 11.1. The number of nitrogens with one attached hydrogen (secondary N) is 1. The number of hydrogen-bond donors (Lipinski definition) is 1. The first-order valence-corrected chi connectivity index (χ1v) is 7.56. The quantitative estimate of drug-likeness (QED) is 0.747. The Labute approximate surface area is 126 Å². The molecule has 0 saturated heterocycles. The van der Waals surface area contributed by atoms with Gasteiger partial charge in [-0.05, 0) is 35.9 Å². The molecule has 4 nitrogen and oxygen atoms in total. The standard InChI is InChI=1S/C16H12N2O2S/c19-16-8-6-11(17-18-16)10-5-7-13-15(9-10)21-14-4-2-1-3-12(14)20-13/h1-5,7,9H,6,8H2,(H,18,19). The number of hydrazone groups is 1. The van der Waals surface area contributed by atoms with Crippen LogP contribution in [0.3, 0.4) is 0 Å². The number of rotatable bonds is 1. The van der Waals surface area contributed by atoms with Gasteiger partial charge in [-0.2, -0.15) is 5.10 Å². The monoisotopic (exact) mass is 296 g/mol. The van der Waals surface area contributed by atoms with Crippen LogP contribution < -0.4 is 10.2 Å². The molecule has 1 amide bonds. The summed E-state index contributed by atoms with van der Waals surface area (Å²) in [7, 11) is 0. The maximum atomic E-state index is 11.2. The molecule has 0 aliphatic carbocycles. The predicted octanol–water partition coefficient (Wildman–Crippen LogP) is 3.56. The first-order valence-electron chi connectivity index (χ1n) is 6.74. The highest BCUT2D eigenvalue weighted by Crippen LogP contribution is 2.47. The van der Waals surface area contributed by atoms with Crippen molar-refractivity contribution >= 4 is 23.4 Å². The van der Waals surface area contributed by atoms with E-state index in [1.807, 2.05) is 36.4 Å². The number of benzene rings is 2. The van der Waals surface area contributed by atoms with E-state index >= 15 is 0 Å². The van der Waals surface area contributed by atoms with Gasteiger partial charge in [-0.25, -0.2) is 5.43 Å². The lowest BCUT2D eigenvalue weighted by Crippen LogP contribution is -2.25. The van der Waals surface area contributed by atoms with Crippen molar-refractivity contribution in [3.63, 3.8) is 0 Å². The van der Waals surface area contributed by atoms with Gasteiger partial charge >= 0.3 is 0 Å². The zero-order chi connectivity index (χ0) is 14.2. The number of amides is 1. The van der Waals surface area contributed by atoms with E-state index in [2.05, 4.69) is 16.6 Å². The first-order chi connectivity index (χ1) is 10.3. The molecule has 5 heteroatoms. The van der Waals surface area contributed by atoms with Crippen LogP contribution in [0.1, 0.15) is 18.4 Å². The average Bonchev–Trinajstić information content (AvgIpc) is 2.53. The number of nitrogens with zero attached hydrogens (tertiary/aromatic N) is 1. The van der Waals surface area contributed by atoms with E-state index < -0.39 is 0 Å². The van der Waals surface area contributed by atoms with Crippen LogP contribution >= 0.6 is 11.8 Å². The molecule has 4 rings (SSSR count). The summed E-state index contributed by atoms with van der Waals surface area (Å²) in [5, 5.41) is 4.14. The van der Waals surface area contributed by atoms with Gasteiger partial charge in [0.15, 0.2) is 0 Å². The van der Waals surface area contributed by atoms with Crippen LogP contribution in [0, 0.1) is 0 Å². The van der Waals surface area contributed by atoms with E-state index in [0.717, 1.165) is 32.6 Å². The molecule has 2 heterocycles. The lowest BCUT2D eigenvalue weighted by Gasteiger charge is -2.20. The highest BCUT2D eigenvalue weighted by atomic mass is 32.2. The average molecular weight is 296 g/mol. The summed E-state index contributed by atoms with van der Waals surface area (Å²) >= 11 is 1.69. The van der Waals surface area contributed by atoms with Crippen molar-refractivity contribution in [2.75, 3.05) is 0 Å². The predicted molar refractivity (Wildman–Crippen MR) is 81.0 cm³/mol. The molecule has 0 bridgehead atoms. The fourth-order valence-electron chi connectivity index (χ4n) is 2.39. The van der Waals surface area contributed by atoms with E-state index in [1.165, 1.54) is 0 Å². The summed E-state index contributed by atoms with van der Waals surface area (Å²) < 4.78 is 5.91. The molecular weight excluding hydrogens is 284 g/mol. The third kappa shape index (κ3) is 2.29. The van der Waals surface area contributed by atoms with Crippen LogP contribution in [-0.4, -0.2) is 11.6 Å². The Kier molecular flexibility index (Phi) is 2.93. The third-order valence-corrected chi connectivity index (χ3v) is 4.57. The molecule has 0 unspecified atom stereocenters. The lowest BCUT2D eigenvalue weighted by atomic mass is 10.0. The van der Waals surface area contributed by atoms with Crippen molar-refractivity contribution in [1.82, 2.24) is 5.43 Å². The fraction of sp³-hybridized carbons (Fsp3) is 0.125. The molecule has 2 aromatic rings. The molecule has 104 valence electrons. The highest BCUT2D eigenvalue weighted by Gasteiger charge is 2.20. The summed E-state index contributed by atoms with van der Waals surface area (Å²) in [6, 6.07) is 14.0. The Balaban J connectivity index is 1.69. The number of carbonyl (C=O) groups is 1. The van der Waals surface area contributed by atoms with Gasteiger partial charge in [0.1, 0.15) is 11.5 Å². The van der Waals surface area contributed by atoms with Gasteiger partial charge < -0.3 is 4.74 Å². The Hall–Kier alpha value is -2.27. The van der Waals surface area contributed by atoms with E-state index in [0.29, 0.717) is 12.8 Å². The maximum absolute atomic E-state index is 11.2. The molecule has 1 N–H and O–H groups in total. The van der Waals surface area contributed by atoms with Crippen LogP contribution in [0.15, 0.2) is 57.4 Å². The number of hydrogen-bond acceptors (Lipinski definition) is 4. The van der Waals surface area contributed by atoms with E-state index in [4.69, 9.17) is 4.74 Å². The Morgan fingerprint density at radius 3 is 2.76 bits per heavy atom. The van der Waals surface area contributed by atoms with Crippen molar-refractivity contribution in [3.05, 3.63) is 48.0 Å². The highest BCUT2D eigenvalue weighted by molar-refractivity contribution is 7.99. The zero-order valence-corrected chi connectivity index (χ0v) is 11.9. The molecule has 0 fully saturated rings. The van der Waals surface area contributed by atoms with Gasteiger partial charge in [-0.1, -0.05) is 23.9 Å². The van der Waals surface area contributed by atoms with Crippen molar-refractivity contribution in [2.24, 2.45) is 5.10 Å².